The Kier molecular flexibility index (Phi) is 4.87. The second-order valence-corrected chi connectivity index (χ2v) is 7.89. The summed E-state index contributed by atoms with van der Waals surface area (Å²) in [7, 11) is 0. The Bertz CT molecular complexity index is 1090. The number of carbonyl (C=O) groups is 1. The molecule has 3 atom stereocenters. The Balaban J connectivity index is 1.67. The van der Waals surface area contributed by atoms with E-state index in [4.69, 9.17) is 11.6 Å². The van der Waals surface area contributed by atoms with Crippen LogP contribution >= 0.6 is 11.6 Å². The molecule has 4 N–H and O–H groups in total. The molecule has 0 spiro atoms. The minimum atomic E-state index is -1.30. The predicted molar refractivity (Wildman–Crippen MR) is 105 cm³/mol. The molecule has 3 aromatic rings. The number of pyridine rings is 1. The number of hydrogen-bond donors (Lipinski definition) is 4. The number of anilines is 1. The number of nitrogens with zero attached hydrogens (tertiary/aromatic N) is 3. The first-order valence-electron chi connectivity index (χ1n) is 9.13. The maximum absolute atomic E-state index is 14.4. The van der Waals surface area contributed by atoms with Crippen LogP contribution in [0.2, 0.25) is 5.02 Å². The summed E-state index contributed by atoms with van der Waals surface area (Å²) in [5.41, 5.74) is -0.119. The molecule has 1 fully saturated rings. The van der Waals surface area contributed by atoms with Crippen LogP contribution in [0.15, 0.2) is 24.7 Å². The summed E-state index contributed by atoms with van der Waals surface area (Å²) < 4.78 is 14.4. The van der Waals surface area contributed by atoms with Crippen LogP contribution in [0.1, 0.15) is 26.2 Å². The zero-order valence-electron chi connectivity index (χ0n) is 15.5. The molecule has 152 valence electrons. The first-order chi connectivity index (χ1) is 13.8. The molecule has 1 aliphatic rings. The van der Waals surface area contributed by atoms with Crippen molar-refractivity contribution in [3.63, 3.8) is 0 Å². The quantitative estimate of drug-likeness (QED) is 0.511. The predicted octanol–water partition coefficient (Wildman–Crippen LogP) is 3.23. The number of aliphatic hydroxyl groups excluding tert-OH is 1. The van der Waals surface area contributed by atoms with Gasteiger partial charge in [-0.05, 0) is 25.8 Å². The smallest absolute Gasteiger partial charge is 0.312 e. The Morgan fingerprint density at radius 3 is 2.97 bits per heavy atom. The summed E-state index contributed by atoms with van der Waals surface area (Å²) in [4.78, 5) is 27.1. The fraction of sp³-hybridized carbons (Fsp3) is 0.368. The molecule has 3 aromatic heterocycles. The van der Waals surface area contributed by atoms with Crippen molar-refractivity contribution in [2.24, 2.45) is 5.41 Å². The third-order valence-electron chi connectivity index (χ3n) is 5.54. The molecular formula is C19H19ClFN5O3. The Morgan fingerprint density at radius 1 is 1.41 bits per heavy atom. The number of fused-ring (bicyclic) bond motifs is 1. The van der Waals surface area contributed by atoms with Crippen LogP contribution in [0.25, 0.3) is 22.4 Å². The first-order valence-corrected chi connectivity index (χ1v) is 9.51. The van der Waals surface area contributed by atoms with Crippen molar-refractivity contribution < 1.29 is 19.4 Å². The summed E-state index contributed by atoms with van der Waals surface area (Å²) in [5, 5.41) is 24.1. The van der Waals surface area contributed by atoms with E-state index in [1.54, 1.807) is 12.3 Å². The molecule has 10 heteroatoms. The van der Waals surface area contributed by atoms with E-state index in [9.17, 15) is 19.4 Å². The minimum absolute atomic E-state index is 0.0990. The van der Waals surface area contributed by atoms with Gasteiger partial charge in [0.25, 0.3) is 0 Å². The molecule has 0 saturated heterocycles. The number of hydrogen-bond acceptors (Lipinski definition) is 6. The summed E-state index contributed by atoms with van der Waals surface area (Å²) in [5.74, 6) is -1.63. The van der Waals surface area contributed by atoms with Crippen LogP contribution in [0.4, 0.5) is 10.2 Å². The lowest BCUT2D eigenvalue weighted by atomic mass is 9.71. The highest BCUT2D eigenvalue weighted by Crippen LogP contribution is 2.38. The number of carboxylic acids is 1. The fourth-order valence-electron chi connectivity index (χ4n) is 3.76. The molecular weight excluding hydrogens is 401 g/mol. The molecule has 8 nitrogen and oxygen atoms in total. The topological polar surface area (TPSA) is 124 Å². The third kappa shape index (κ3) is 3.40. The fourth-order valence-corrected chi connectivity index (χ4v) is 3.92. The van der Waals surface area contributed by atoms with E-state index in [1.165, 1.54) is 13.1 Å². The lowest BCUT2D eigenvalue weighted by Crippen LogP contribution is -2.52. The molecule has 1 aliphatic carbocycles. The number of nitrogens with one attached hydrogen (secondary N) is 2. The van der Waals surface area contributed by atoms with Gasteiger partial charge in [-0.25, -0.2) is 19.3 Å². The van der Waals surface area contributed by atoms with Gasteiger partial charge < -0.3 is 20.5 Å². The molecule has 29 heavy (non-hydrogen) atoms. The Morgan fingerprint density at radius 2 is 2.21 bits per heavy atom. The molecule has 3 heterocycles. The van der Waals surface area contributed by atoms with Crippen molar-refractivity contribution >= 4 is 34.4 Å². The van der Waals surface area contributed by atoms with E-state index in [2.05, 4.69) is 25.3 Å². The Hall–Kier alpha value is -2.78. The molecule has 1 saturated carbocycles. The van der Waals surface area contributed by atoms with Gasteiger partial charge in [0, 0.05) is 23.3 Å². The summed E-state index contributed by atoms with van der Waals surface area (Å²) in [6, 6.07) is 1.06. The van der Waals surface area contributed by atoms with Gasteiger partial charge in [-0.1, -0.05) is 18.0 Å². The second kappa shape index (κ2) is 7.23. The number of H-pyrrole nitrogens is 1. The number of carboxylic acid groups (broad SMARTS) is 1. The second-order valence-electron chi connectivity index (χ2n) is 7.45. The van der Waals surface area contributed by atoms with Crippen LogP contribution in [-0.2, 0) is 4.79 Å². The molecule has 1 unspecified atom stereocenters. The normalized spacial score (nSPS) is 24.6. The van der Waals surface area contributed by atoms with E-state index >= 15 is 0 Å². The zero-order chi connectivity index (χ0) is 20.8. The zero-order valence-corrected chi connectivity index (χ0v) is 16.2. The van der Waals surface area contributed by atoms with Gasteiger partial charge in [-0.2, -0.15) is 0 Å². The van der Waals surface area contributed by atoms with Crippen molar-refractivity contribution in [2.75, 3.05) is 5.32 Å². The van der Waals surface area contributed by atoms with Crippen LogP contribution in [0.5, 0.6) is 0 Å². The highest BCUT2D eigenvalue weighted by Gasteiger charge is 2.47. The van der Waals surface area contributed by atoms with Crippen molar-refractivity contribution in [3.05, 3.63) is 35.5 Å². The highest BCUT2D eigenvalue weighted by molar-refractivity contribution is 6.31. The average molecular weight is 420 g/mol. The monoisotopic (exact) mass is 419 g/mol. The van der Waals surface area contributed by atoms with E-state index in [1.807, 2.05) is 0 Å². The molecule has 4 rings (SSSR count). The number of aromatic amines is 1. The average Bonchev–Trinajstić information content (AvgIpc) is 3.10. The minimum Gasteiger partial charge on any atom is -0.481 e. The number of aliphatic hydroxyl groups is 1. The maximum Gasteiger partial charge on any atom is 0.312 e. The van der Waals surface area contributed by atoms with E-state index in [0.29, 0.717) is 40.9 Å². The van der Waals surface area contributed by atoms with Crippen molar-refractivity contribution in [1.29, 1.82) is 0 Å². The van der Waals surface area contributed by atoms with Crippen molar-refractivity contribution in [1.82, 2.24) is 19.9 Å². The summed E-state index contributed by atoms with van der Waals surface area (Å²) >= 11 is 6.02. The largest absolute Gasteiger partial charge is 0.481 e. The maximum atomic E-state index is 14.4. The molecule has 0 amide bonds. The molecule has 0 bridgehead atoms. The number of aliphatic carboxylic acids is 1. The van der Waals surface area contributed by atoms with Crippen molar-refractivity contribution in [2.45, 2.75) is 38.3 Å². The third-order valence-corrected chi connectivity index (χ3v) is 5.75. The summed E-state index contributed by atoms with van der Waals surface area (Å²) in [6.45, 7) is 1.50. The van der Waals surface area contributed by atoms with Gasteiger partial charge in [0.1, 0.15) is 5.65 Å². The number of aromatic nitrogens is 4. The Labute approximate surface area is 170 Å². The van der Waals surface area contributed by atoms with E-state index < -0.39 is 29.3 Å². The molecule has 0 radical (unpaired) electrons. The van der Waals surface area contributed by atoms with Gasteiger partial charge in [-0.15, -0.1) is 0 Å². The molecule has 0 aliphatic heterocycles. The lowest BCUT2D eigenvalue weighted by molar-refractivity contribution is -0.158. The van der Waals surface area contributed by atoms with Gasteiger partial charge in [-0.3, -0.25) is 4.79 Å². The molecule has 0 aromatic carbocycles. The first kappa shape index (κ1) is 19.5. The van der Waals surface area contributed by atoms with Gasteiger partial charge in [0.2, 0.25) is 0 Å². The standard InChI is InChI=1S/C19H19ClFN5O3/c1-19(18(28)29)4-2-3-13(14(19)27)25-17-12(21)8-24-16(26-17)11-7-23-15-10(11)5-9(20)6-22-15/h5-8,13-14,27H,2-4H2,1H3,(H,22,23)(H,28,29)(H,24,25,26)/t13?,14-,19+/m1/s1. The van der Waals surface area contributed by atoms with Gasteiger partial charge in [0.15, 0.2) is 17.5 Å². The highest BCUT2D eigenvalue weighted by atomic mass is 35.5. The van der Waals surface area contributed by atoms with Crippen LogP contribution in [0.3, 0.4) is 0 Å². The van der Waals surface area contributed by atoms with Crippen LogP contribution in [-0.4, -0.2) is 48.3 Å². The van der Waals surface area contributed by atoms with Gasteiger partial charge in [0.05, 0.1) is 28.8 Å². The lowest BCUT2D eigenvalue weighted by Gasteiger charge is -2.40. The number of halogens is 2. The van der Waals surface area contributed by atoms with Crippen LogP contribution in [0, 0.1) is 11.2 Å². The summed E-state index contributed by atoms with van der Waals surface area (Å²) in [6.07, 6.45) is 4.44. The van der Waals surface area contributed by atoms with E-state index in [0.717, 1.165) is 6.20 Å². The van der Waals surface area contributed by atoms with E-state index in [-0.39, 0.29) is 11.6 Å². The SMILES string of the molecule is C[C@]1(C(=O)O)CCCC(Nc2nc(-c3c[nH]c4ncc(Cl)cc34)ncc2F)[C@H]1O. The van der Waals surface area contributed by atoms with Crippen LogP contribution < -0.4 is 5.32 Å². The van der Waals surface area contributed by atoms with Gasteiger partial charge >= 0.3 is 5.97 Å². The number of rotatable bonds is 4. The van der Waals surface area contributed by atoms with Crippen molar-refractivity contribution in [3.8, 4) is 11.4 Å².